The van der Waals surface area contributed by atoms with Crippen molar-refractivity contribution < 1.29 is 23.0 Å². The molecule has 0 aliphatic rings. The van der Waals surface area contributed by atoms with Crippen LogP contribution in [0.1, 0.15) is 29.8 Å². The Morgan fingerprint density at radius 2 is 1.72 bits per heavy atom. The van der Waals surface area contributed by atoms with Crippen molar-refractivity contribution in [3.63, 3.8) is 0 Å². The summed E-state index contributed by atoms with van der Waals surface area (Å²) in [5, 5.41) is 2.65. The van der Waals surface area contributed by atoms with Gasteiger partial charge in [-0.05, 0) is 35.9 Å². The lowest BCUT2D eigenvalue weighted by Gasteiger charge is -2.26. The summed E-state index contributed by atoms with van der Waals surface area (Å²) in [5.41, 5.74) is 0.132. The standard InChI is InChI=1S/C19H21F2NO3/c1-19(2,12-5-8-16(24-3)17(9-12)25-4)11-22-18(23)14-10-13(20)6-7-15(14)21/h5-10H,11H2,1-4H3,(H,22,23). The molecule has 0 bridgehead atoms. The van der Waals surface area contributed by atoms with Crippen LogP contribution in [0.25, 0.3) is 0 Å². The highest BCUT2D eigenvalue weighted by Crippen LogP contribution is 2.32. The molecule has 0 aromatic heterocycles. The molecule has 0 aliphatic carbocycles. The molecule has 1 N–H and O–H groups in total. The third-order valence-corrected chi connectivity index (χ3v) is 4.03. The number of hydrogen-bond donors (Lipinski definition) is 1. The molecule has 0 atom stereocenters. The van der Waals surface area contributed by atoms with Crippen molar-refractivity contribution in [3.05, 3.63) is 59.2 Å². The zero-order valence-electron chi connectivity index (χ0n) is 14.7. The van der Waals surface area contributed by atoms with Gasteiger partial charge in [-0.25, -0.2) is 8.78 Å². The summed E-state index contributed by atoms with van der Waals surface area (Å²) in [7, 11) is 3.10. The maximum absolute atomic E-state index is 13.7. The van der Waals surface area contributed by atoms with Crippen LogP contribution in [0.5, 0.6) is 11.5 Å². The van der Waals surface area contributed by atoms with Crippen molar-refractivity contribution >= 4 is 5.91 Å². The van der Waals surface area contributed by atoms with Gasteiger partial charge in [0.2, 0.25) is 0 Å². The molecular formula is C19H21F2NO3. The van der Waals surface area contributed by atoms with Crippen LogP contribution in [0.15, 0.2) is 36.4 Å². The largest absolute Gasteiger partial charge is 0.493 e. The predicted molar refractivity (Wildman–Crippen MR) is 91.3 cm³/mol. The summed E-state index contributed by atoms with van der Waals surface area (Å²) in [6, 6.07) is 8.27. The highest BCUT2D eigenvalue weighted by atomic mass is 19.1. The average Bonchev–Trinajstić information content (AvgIpc) is 2.61. The molecule has 2 rings (SSSR count). The zero-order valence-corrected chi connectivity index (χ0v) is 14.7. The van der Waals surface area contributed by atoms with Crippen molar-refractivity contribution in [2.75, 3.05) is 20.8 Å². The highest BCUT2D eigenvalue weighted by molar-refractivity contribution is 5.94. The molecule has 0 aliphatic heterocycles. The van der Waals surface area contributed by atoms with Gasteiger partial charge >= 0.3 is 0 Å². The van der Waals surface area contributed by atoms with E-state index in [0.717, 1.165) is 23.8 Å². The van der Waals surface area contributed by atoms with E-state index in [1.165, 1.54) is 0 Å². The van der Waals surface area contributed by atoms with Gasteiger partial charge in [0.1, 0.15) is 11.6 Å². The minimum absolute atomic E-state index is 0.233. The second kappa shape index (κ2) is 7.51. The lowest BCUT2D eigenvalue weighted by molar-refractivity contribution is 0.0941. The van der Waals surface area contributed by atoms with Gasteiger partial charge in [-0.1, -0.05) is 19.9 Å². The van der Waals surface area contributed by atoms with Crippen LogP contribution in [-0.4, -0.2) is 26.7 Å². The number of ether oxygens (including phenoxy) is 2. The number of rotatable bonds is 6. The SMILES string of the molecule is COc1ccc(C(C)(C)CNC(=O)c2cc(F)ccc2F)cc1OC. The number of methoxy groups -OCH3 is 2. The van der Waals surface area contributed by atoms with E-state index < -0.39 is 23.0 Å². The minimum atomic E-state index is -0.761. The molecule has 0 spiro atoms. The van der Waals surface area contributed by atoms with Crippen molar-refractivity contribution in [1.29, 1.82) is 0 Å². The molecule has 4 nitrogen and oxygen atoms in total. The maximum atomic E-state index is 13.7. The Morgan fingerprint density at radius 1 is 1.04 bits per heavy atom. The second-order valence-electron chi connectivity index (χ2n) is 6.26. The Bertz CT molecular complexity index is 775. The van der Waals surface area contributed by atoms with Crippen LogP contribution in [-0.2, 0) is 5.41 Å². The second-order valence-corrected chi connectivity index (χ2v) is 6.26. The van der Waals surface area contributed by atoms with Crippen LogP contribution in [0.3, 0.4) is 0 Å². The molecule has 0 heterocycles. The first kappa shape index (κ1) is 18.7. The third kappa shape index (κ3) is 4.26. The van der Waals surface area contributed by atoms with Crippen LogP contribution in [0.2, 0.25) is 0 Å². The molecule has 134 valence electrons. The van der Waals surface area contributed by atoms with E-state index in [1.807, 2.05) is 26.0 Å². The fourth-order valence-electron chi connectivity index (χ4n) is 2.43. The zero-order chi connectivity index (χ0) is 18.6. The lowest BCUT2D eigenvalue weighted by atomic mass is 9.84. The number of hydrogen-bond acceptors (Lipinski definition) is 3. The Kier molecular flexibility index (Phi) is 5.62. The predicted octanol–water partition coefficient (Wildman–Crippen LogP) is 3.69. The van der Waals surface area contributed by atoms with Gasteiger partial charge in [0.05, 0.1) is 19.8 Å². The van der Waals surface area contributed by atoms with Gasteiger partial charge in [-0.15, -0.1) is 0 Å². The molecule has 0 fully saturated rings. The average molecular weight is 349 g/mol. The van der Waals surface area contributed by atoms with E-state index in [1.54, 1.807) is 20.3 Å². The molecular weight excluding hydrogens is 328 g/mol. The fourth-order valence-corrected chi connectivity index (χ4v) is 2.43. The summed E-state index contributed by atoms with van der Waals surface area (Å²) < 4.78 is 37.4. The normalized spacial score (nSPS) is 11.1. The Morgan fingerprint density at radius 3 is 2.36 bits per heavy atom. The van der Waals surface area contributed by atoms with Crippen molar-refractivity contribution in [3.8, 4) is 11.5 Å². The monoisotopic (exact) mass is 349 g/mol. The number of carbonyl (C=O) groups is 1. The van der Waals surface area contributed by atoms with Crippen molar-refractivity contribution in [2.45, 2.75) is 19.3 Å². The van der Waals surface area contributed by atoms with Crippen molar-refractivity contribution in [1.82, 2.24) is 5.32 Å². The molecule has 25 heavy (non-hydrogen) atoms. The molecule has 2 aromatic rings. The van der Waals surface area contributed by atoms with Gasteiger partial charge in [-0.2, -0.15) is 0 Å². The van der Waals surface area contributed by atoms with Crippen LogP contribution in [0, 0.1) is 11.6 Å². The van der Waals surface area contributed by atoms with E-state index in [9.17, 15) is 13.6 Å². The van der Waals surface area contributed by atoms with Gasteiger partial charge < -0.3 is 14.8 Å². The summed E-state index contributed by atoms with van der Waals surface area (Å²) >= 11 is 0. The number of amides is 1. The lowest BCUT2D eigenvalue weighted by Crippen LogP contribution is -2.37. The fraction of sp³-hybridized carbons (Fsp3) is 0.316. The summed E-state index contributed by atoms with van der Waals surface area (Å²) in [6.07, 6.45) is 0. The molecule has 0 saturated carbocycles. The van der Waals surface area contributed by atoms with Gasteiger partial charge in [0.15, 0.2) is 11.5 Å². The van der Waals surface area contributed by atoms with Gasteiger partial charge in [-0.3, -0.25) is 4.79 Å². The number of benzene rings is 2. The van der Waals surface area contributed by atoms with Gasteiger partial charge in [0, 0.05) is 12.0 Å². The number of nitrogens with one attached hydrogen (secondary N) is 1. The first-order valence-corrected chi connectivity index (χ1v) is 7.74. The summed E-state index contributed by atoms with van der Waals surface area (Å²) in [4.78, 5) is 12.2. The summed E-state index contributed by atoms with van der Waals surface area (Å²) in [6.45, 7) is 4.09. The summed E-state index contributed by atoms with van der Waals surface area (Å²) in [5.74, 6) is -0.900. The van der Waals surface area contributed by atoms with Crippen LogP contribution < -0.4 is 14.8 Å². The Balaban J connectivity index is 2.16. The van der Waals surface area contributed by atoms with Crippen LogP contribution >= 0.6 is 0 Å². The molecule has 6 heteroatoms. The minimum Gasteiger partial charge on any atom is -0.493 e. The number of carbonyl (C=O) groups excluding carboxylic acids is 1. The van der Waals surface area contributed by atoms with E-state index in [-0.39, 0.29) is 12.1 Å². The van der Waals surface area contributed by atoms with Crippen molar-refractivity contribution in [2.24, 2.45) is 0 Å². The topological polar surface area (TPSA) is 47.6 Å². The smallest absolute Gasteiger partial charge is 0.254 e. The molecule has 0 unspecified atom stereocenters. The Labute approximate surface area is 145 Å². The van der Waals surface area contributed by atoms with E-state index in [0.29, 0.717) is 11.5 Å². The molecule has 1 amide bonds. The maximum Gasteiger partial charge on any atom is 0.254 e. The molecule has 0 saturated heterocycles. The Hall–Kier alpha value is -2.63. The quantitative estimate of drug-likeness (QED) is 0.865. The van der Waals surface area contributed by atoms with E-state index >= 15 is 0 Å². The van der Waals surface area contributed by atoms with E-state index in [2.05, 4.69) is 5.32 Å². The number of halogens is 2. The molecule has 0 radical (unpaired) electrons. The third-order valence-electron chi connectivity index (χ3n) is 4.03. The first-order chi connectivity index (χ1) is 11.8. The van der Waals surface area contributed by atoms with E-state index in [4.69, 9.17) is 9.47 Å². The first-order valence-electron chi connectivity index (χ1n) is 7.74. The molecule has 2 aromatic carbocycles. The van der Waals surface area contributed by atoms with Gasteiger partial charge in [0.25, 0.3) is 5.91 Å². The highest BCUT2D eigenvalue weighted by Gasteiger charge is 2.24. The van der Waals surface area contributed by atoms with Crippen LogP contribution in [0.4, 0.5) is 8.78 Å².